The predicted molar refractivity (Wildman–Crippen MR) is 69.3 cm³/mol. The van der Waals surface area contributed by atoms with E-state index in [1.54, 1.807) is 7.11 Å². The highest BCUT2D eigenvalue weighted by Gasteiger charge is 2.66. The van der Waals surface area contributed by atoms with Gasteiger partial charge in [-0.15, -0.1) is 0 Å². The summed E-state index contributed by atoms with van der Waals surface area (Å²) in [6, 6.07) is 0.305. The second kappa shape index (κ2) is 3.99. The minimum Gasteiger partial charge on any atom is -0.379 e. The Morgan fingerprint density at radius 2 is 1.62 bits per heavy atom. The molecule has 1 aliphatic rings. The van der Waals surface area contributed by atoms with Crippen molar-refractivity contribution in [3.05, 3.63) is 0 Å². The van der Waals surface area contributed by atoms with Crippen LogP contribution in [0.2, 0.25) is 0 Å². The molecule has 0 amide bonds. The molecule has 0 bridgehead atoms. The van der Waals surface area contributed by atoms with Crippen LogP contribution >= 0.6 is 0 Å². The highest BCUT2D eigenvalue weighted by Crippen LogP contribution is 2.69. The van der Waals surface area contributed by atoms with E-state index in [1.165, 1.54) is 0 Å². The number of hydrogen-bond donors (Lipinski definition) is 1. The van der Waals surface area contributed by atoms with Crippen molar-refractivity contribution in [2.24, 2.45) is 22.5 Å². The van der Waals surface area contributed by atoms with Crippen LogP contribution in [0, 0.1) is 16.7 Å². The van der Waals surface area contributed by atoms with Crippen LogP contribution in [-0.4, -0.2) is 18.8 Å². The number of hydrogen-bond acceptors (Lipinski definition) is 2. The third-order valence-corrected chi connectivity index (χ3v) is 5.19. The number of nitrogens with two attached hydrogens (primary N) is 1. The molecule has 0 spiro atoms. The molecule has 0 heterocycles. The van der Waals surface area contributed by atoms with Crippen LogP contribution in [0.15, 0.2) is 0 Å². The lowest BCUT2D eigenvalue weighted by Gasteiger charge is -2.25. The van der Waals surface area contributed by atoms with Gasteiger partial charge < -0.3 is 10.5 Å². The zero-order valence-electron chi connectivity index (χ0n) is 12.1. The van der Waals surface area contributed by atoms with Crippen LogP contribution < -0.4 is 5.73 Å². The fourth-order valence-corrected chi connectivity index (χ4v) is 3.10. The summed E-state index contributed by atoms with van der Waals surface area (Å²) < 4.78 is 5.44. The van der Waals surface area contributed by atoms with Gasteiger partial charge in [-0.2, -0.15) is 0 Å². The van der Waals surface area contributed by atoms with Crippen molar-refractivity contribution in [3.63, 3.8) is 0 Å². The highest BCUT2D eigenvalue weighted by atomic mass is 16.5. The molecule has 1 aliphatic carbocycles. The van der Waals surface area contributed by atoms with Gasteiger partial charge in [0.15, 0.2) is 0 Å². The second-order valence-electron chi connectivity index (χ2n) is 7.09. The fourth-order valence-electron chi connectivity index (χ4n) is 3.10. The van der Waals surface area contributed by atoms with Gasteiger partial charge in [-0.05, 0) is 43.4 Å². The normalized spacial score (nSPS) is 25.5. The van der Waals surface area contributed by atoms with E-state index in [0.29, 0.717) is 22.8 Å². The summed E-state index contributed by atoms with van der Waals surface area (Å²) in [4.78, 5) is 0. The topological polar surface area (TPSA) is 35.2 Å². The Kier molecular flexibility index (Phi) is 3.49. The Bertz CT molecular complexity index is 241. The highest BCUT2D eigenvalue weighted by molar-refractivity contribution is 5.15. The molecule has 1 fully saturated rings. The monoisotopic (exact) mass is 227 g/mol. The van der Waals surface area contributed by atoms with Gasteiger partial charge in [0.2, 0.25) is 0 Å². The molecule has 1 atom stereocenters. The molecule has 2 heteroatoms. The second-order valence-corrected chi connectivity index (χ2v) is 7.09. The average molecular weight is 227 g/mol. The average Bonchev–Trinajstić information content (AvgIpc) is 2.54. The fraction of sp³-hybridized carbons (Fsp3) is 1.00. The summed E-state index contributed by atoms with van der Waals surface area (Å²) in [7, 11) is 1.77. The van der Waals surface area contributed by atoms with E-state index >= 15 is 0 Å². The summed E-state index contributed by atoms with van der Waals surface area (Å²) in [5.74, 6) is 0.646. The van der Waals surface area contributed by atoms with E-state index < -0.39 is 0 Å². The standard InChI is InChI=1S/C14H29NO/c1-12(2,16-7)9-8-10(15)11-13(3,4)14(11,5)6/h10-11H,8-9,15H2,1-7H3. The third-order valence-electron chi connectivity index (χ3n) is 5.19. The molecule has 1 saturated carbocycles. The quantitative estimate of drug-likeness (QED) is 0.783. The molecule has 16 heavy (non-hydrogen) atoms. The molecule has 0 saturated heterocycles. The predicted octanol–water partition coefficient (Wildman–Crippen LogP) is 3.20. The van der Waals surface area contributed by atoms with Gasteiger partial charge in [0.25, 0.3) is 0 Å². The van der Waals surface area contributed by atoms with Crippen LogP contribution in [0.4, 0.5) is 0 Å². The SMILES string of the molecule is COC(C)(C)CCC(N)C1C(C)(C)C1(C)C. The van der Waals surface area contributed by atoms with Crippen molar-refractivity contribution in [3.8, 4) is 0 Å². The molecule has 0 aromatic carbocycles. The van der Waals surface area contributed by atoms with Crippen molar-refractivity contribution < 1.29 is 4.74 Å². The maximum Gasteiger partial charge on any atom is 0.0623 e. The Morgan fingerprint density at radius 3 is 1.94 bits per heavy atom. The van der Waals surface area contributed by atoms with Gasteiger partial charge in [0.1, 0.15) is 0 Å². The smallest absolute Gasteiger partial charge is 0.0623 e. The van der Waals surface area contributed by atoms with E-state index in [2.05, 4.69) is 41.5 Å². The first-order valence-corrected chi connectivity index (χ1v) is 6.37. The zero-order chi connectivity index (χ0) is 12.8. The molecule has 2 N–H and O–H groups in total. The molecule has 0 aromatic heterocycles. The van der Waals surface area contributed by atoms with E-state index in [9.17, 15) is 0 Å². The zero-order valence-corrected chi connectivity index (χ0v) is 12.1. The Hall–Kier alpha value is -0.0800. The molecule has 2 nitrogen and oxygen atoms in total. The van der Waals surface area contributed by atoms with Crippen LogP contribution in [0.5, 0.6) is 0 Å². The summed E-state index contributed by atoms with van der Waals surface area (Å²) in [5.41, 5.74) is 7.08. The molecule has 1 rings (SSSR count). The summed E-state index contributed by atoms with van der Waals surface area (Å²) in [6.07, 6.45) is 2.09. The molecular weight excluding hydrogens is 198 g/mol. The van der Waals surface area contributed by atoms with E-state index in [0.717, 1.165) is 12.8 Å². The third kappa shape index (κ3) is 2.28. The Labute approximate surface area is 101 Å². The van der Waals surface area contributed by atoms with Crippen LogP contribution in [0.25, 0.3) is 0 Å². The van der Waals surface area contributed by atoms with Gasteiger partial charge >= 0.3 is 0 Å². The first kappa shape index (κ1) is 14.0. The van der Waals surface area contributed by atoms with Crippen LogP contribution in [0.3, 0.4) is 0 Å². The van der Waals surface area contributed by atoms with Crippen LogP contribution in [0.1, 0.15) is 54.4 Å². The van der Waals surface area contributed by atoms with Crippen molar-refractivity contribution in [2.45, 2.75) is 66.0 Å². The first-order valence-electron chi connectivity index (χ1n) is 6.37. The Morgan fingerprint density at radius 1 is 1.19 bits per heavy atom. The summed E-state index contributed by atoms with van der Waals surface area (Å²) >= 11 is 0. The molecule has 96 valence electrons. The largest absolute Gasteiger partial charge is 0.379 e. The van der Waals surface area contributed by atoms with Crippen LogP contribution in [-0.2, 0) is 4.74 Å². The summed E-state index contributed by atoms with van der Waals surface area (Å²) in [5, 5.41) is 0. The molecule has 0 radical (unpaired) electrons. The molecular formula is C14H29NO. The molecule has 0 aliphatic heterocycles. The van der Waals surface area contributed by atoms with Crippen molar-refractivity contribution in [2.75, 3.05) is 7.11 Å². The van der Waals surface area contributed by atoms with Gasteiger partial charge in [0.05, 0.1) is 5.60 Å². The van der Waals surface area contributed by atoms with Crippen molar-refractivity contribution >= 4 is 0 Å². The lowest BCUT2D eigenvalue weighted by atomic mass is 9.94. The minimum atomic E-state index is -0.0409. The Balaban J connectivity index is 2.47. The van der Waals surface area contributed by atoms with Gasteiger partial charge in [-0.25, -0.2) is 0 Å². The number of ether oxygens (including phenoxy) is 1. The van der Waals surface area contributed by atoms with Crippen molar-refractivity contribution in [1.82, 2.24) is 0 Å². The minimum absolute atomic E-state index is 0.0409. The van der Waals surface area contributed by atoms with Gasteiger partial charge in [-0.3, -0.25) is 0 Å². The lowest BCUT2D eigenvalue weighted by molar-refractivity contribution is 0.0117. The summed E-state index contributed by atoms with van der Waals surface area (Å²) in [6.45, 7) is 13.6. The number of methoxy groups -OCH3 is 1. The maximum absolute atomic E-state index is 6.34. The molecule has 1 unspecified atom stereocenters. The number of rotatable bonds is 5. The maximum atomic E-state index is 6.34. The lowest BCUT2D eigenvalue weighted by Crippen LogP contribution is -2.31. The first-order chi connectivity index (χ1) is 7.06. The van der Waals surface area contributed by atoms with Gasteiger partial charge in [0, 0.05) is 13.2 Å². The van der Waals surface area contributed by atoms with Crippen molar-refractivity contribution in [1.29, 1.82) is 0 Å². The molecule has 0 aromatic rings. The van der Waals surface area contributed by atoms with E-state index in [-0.39, 0.29) is 5.60 Å². The van der Waals surface area contributed by atoms with E-state index in [4.69, 9.17) is 10.5 Å². The van der Waals surface area contributed by atoms with Gasteiger partial charge in [-0.1, -0.05) is 27.7 Å². The van der Waals surface area contributed by atoms with E-state index in [1.807, 2.05) is 0 Å².